The molecule has 0 bridgehead atoms. The average molecular weight is 398 g/mol. The zero-order valence-corrected chi connectivity index (χ0v) is 16.2. The Morgan fingerprint density at radius 1 is 1.00 bits per heavy atom. The van der Waals surface area contributed by atoms with Crippen molar-refractivity contribution < 1.29 is 13.2 Å². The first-order chi connectivity index (χ1) is 13.0. The molecule has 0 saturated carbocycles. The fourth-order valence-electron chi connectivity index (χ4n) is 3.38. The molecule has 1 aromatic rings. The third-order valence-corrected chi connectivity index (χ3v) is 5.88. The number of hydrogen-bond acceptors (Lipinski definition) is 4. The zero-order chi connectivity index (χ0) is 19.1. The lowest BCUT2D eigenvalue weighted by atomic mass is 10.0. The molecule has 1 N–H and O–H groups in total. The maximum atomic E-state index is 12.7. The van der Waals surface area contributed by atoms with Crippen molar-refractivity contribution in [2.45, 2.75) is 18.6 Å². The molecule has 0 radical (unpaired) electrons. The highest BCUT2D eigenvalue weighted by Crippen LogP contribution is 2.29. The third-order valence-electron chi connectivity index (χ3n) is 4.94. The molecule has 27 heavy (non-hydrogen) atoms. The van der Waals surface area contributed by atoms with Gasteiger partial charge in [-0.3, -0.25) is 9.80 Å². The van der Waals surface area contributed by atoms with E-state index in [1.807, 2.05) is 11.8 Å². The highest BCUT2D eigenvalue weighted by molar-refractivity contribution is 7.99. The standard InChI is InChI=1S/C20H26F3N3S/c21-20(22,23)18-5-3-17(4-6-18)15-19-16-26(10-7-24-19)9-2-1-8-25-11-13-27-14-12-25/h3-6,19,24H,7-16H2. The van der Waals surface area contributed by atoms with E-state index in [4.69, 9.17) is 0 Å². The summed E-state index contributed by atoms with van der Waals surface area (Å²) in [6.07, 6.45) is -3.54. The zero-order valence-electron chi connectivity index (χ0n) is 15.4. The van der Waals surface area contributed by atoms with Crippen molar-refractivity contribution >= 4 is 11.8 Å². The molecule has 148 valence electrons. The first-order valence-electron chi connectivity index (χ1n) is 9.38. The normalized spacial score (nSPS) is 22.3. The smallest absolute Gasteiger partial charge is 0.311 e. The lowest BCUT2D eigenvalue weighted by Crippen LogP contribution is -2.51. The summed E-state index contributed by atoms with van der Waals surface area (Å²) in [6, 6.07) is 5.75. The molecule has 2 fully saturated rings. The third kappa shape index (κ3) is 6.72. The lowest BCUT2D eigenvalue weighted by Gasteiger charge is -2.32. The van der Waals surface area contributed by atoms with Gasteiger partial charge in [0.2, 0.25) is 0 Å². The predicted molar refractivity (Wildman–Crippen MR) is 105 cm³/mol. The van der Waals surface area contributed by atoms with Gasteiger partial charge in [0, 0.05) is 50.3 Å². The van der Waals surface area contributed by atoms with Gasteiger partial charge in [0.1, 0.15) is 0 Å². The predicted octanol–water partition coefficient (Wildman–Crippen LogP) is 2.57. The van der Waals surface area contributed by atoms with Crippen LogP contribution < -0.4 is 5.32 Å². The summed E-state index contributed by atoms with van der Waals surface area (Å²) in [4.78, 5) is 4.72. The van der Waals surface area contributed by atoms with E-state index in [-0.39, 0.29) is 6.04 Å². The monoisotopic (exact) mass is 397 g/mol. The maximum Gasteiger partial charge on any atom is 0.416 e. The molecule has 2 heterocycles. The van der Waals surface area contributed by atoms with Gasteiger partial charge in [-0.05, 0) is 24.1 Å². The van der Waals surface area contributed by atoms with Gasteiger partial charge in [0.15, 0.2) is 0 Å². The topological polar surface area (TPSA) is 18.5 Å². The molecule has 2 aliphatic rings. The summed E-state index contributed by atoms with van der Waals surface area (Å²) in [5.41, 5.74) is 0.337. The lowest BCUT2D eigenvalue weighted by molar-refractivity contribution is -0.137. The molecule has 0 spiro atoms. The van der Waals surface area contributed by atoms with Gasteiger partial charge in [-0.15, -0.1) is 0 Å². The van der Waals surface area contributed by atoms with Crippen molar-refractivity contribution in [1.82, 2.24) is 15.1 Å². The molecule has 0 amide bonds. The molecular weight excluding hydrogens is 371 g/mol. The highest BCUT2D eigenvalue weighted by Gasteiger charge is 2.30. The molecular formula is C20H26F3N3S. The van der Waals surface area contributed by atoms with Crippen LogP contribution in [-0.2, 0) is 12.6 Å². The minimum Gasteiger partial charge on any atom is -0.311 e. The van der Waals surface area contributed by atoms with Crippen LogP contribution in [-0.4, -0.2) is 73.2 Å². The van der Waals surface area contributed by atoms with Crippen LogP contribution in [0, 0.1) is 11.8 Å². The Bertz CT molecular complexity index is 645. The van der Waals surface area contributed by atoms with E-state index < -0.39 is 11.7 Å². The van der Waals surface area contributed by atoms with Crippen molar-refractivity contribution in [3.05, 3.63) is 35.4 Å². The largest absolute Gasteiger partial charge is 0.416 e. The average Bonchev–Trinajstić information content (AvgIpc) is 2.66. The molecule has 2 saturated heterocycles. The number of thioether (sulfide) groups is 1. The molecule has 3 nitrogen and oxygen atoms in total. The van der Waals surface area contributed by atoms with Gasteiger partial charge in [-0.25, -0.2) is 0 Å². The Labute approximate surface area is 163 Å². The van der Waals surface area contributed by atoms with E-state index in [0.29, 0.717) is 0 Å². The first kappa shape index (κ1) is 20.5. The van der Waals surface area contributed by atoms with Crippen LogP contribution in [0.2, 0.25) is 0 Å². The quantitative estimate of drug-likeness (QED) is 0.787. The second-order valence-electron chi connectivity index (χ2n) is 7.03. The second kappa shape index (κ2) is 9.83. The van der Waals surface area contributed by atoms with E-state index in [1.165, 1.54) is 23.6 Å². The van der Waals surface area contributed by atoms with Gasteiger partial charge in [-0.2, -0.15) is 24.9 Å². The summed E-state index contributed by atoms with van der Waals surface area (Å²) < 4.78 is 38.0. The first-order valence-corrected chi connectivity index (χ1v) is 10.5. The molecule has 1 atom stereocenters. The van der Waals surface area contributed by atoms with Crippen molar-refractivity contribution in [3.8, 4) is 11.8 Å². The minimum atomic E-state index is -4.27. The van der Waals surface area contributed by atoms with Crippen molar-refractivity contribution in [3.63, 3.8) is 0 Å². The number of benzene rings is 1. The Kier molecular flexibility index (Phi) is 7.48. The second-order valence-corrected chi connectivity index (χ2v) is 8.25. The molecule has 0 aromatic heterocycles. The van der Waals surface area contributed by atoms with Crippen LogP contribution in [0.25, 0.3) is 0 Å². The van der Waals surface area contributed by atoms with E-state index in [0.717, 1.165) is 57.8 Å². The van der Waals surface area contributed by atoms with Crippen LogP contribution in [0.15, 0.2) is 24.3 Å². The maximum absolute atomic E-state index is 12.7. The summed E-state index contributed by atoms with van der Waals surface area (Å²) >= 11 is 2.00. The number of nitrogens with zero attached hydrogens (tertiary/aromatic N) is 2. The fraction of sp³-hybridized carbons (Fsp3) is 0.600. The SMILES string of the molecule is FC(F)(F)c1ccc(CC2CN(CC#CCN3CCSCC3)CCN2)cc1. The van der Waals surface area contributed by atoms with Crippen molar-refractivity contribution in [2.75, 3.05) is 57.3 Å². The molecule has 1 aromatic carbocycles. The number of alkyl halides is 3. The van der Waals surface area contributed by atoms with Gasteiger partial charge in [0.05, 0.1) is 18.7 Å². The van der Waals surface area contributed by atoms with Gasteiger partial charge in [0.25, 0.3) is 0 Å². The summed E-state index contributed by atoms with van der Waals surface area (Å²) in [7, 11) is 0. The van der Waals surface area contributed by atoms with Crippen LogP contribution in [0.3, 0.4) is 0 Å². The number of piperazine rings is 1. The van der Waals surface area contributed by atoms with Crippen LogP contribution in [0.5, 0.6) is 0 Å². The van der Waals surface area contributed by atoms with E-state index in [1.54, 1.807) is 12.1 Å². The molecule has 1 unspecified atom stereocenters. The molecule has 3 rings (SSSR count). The minimum absolute atomic E-state index is 0.247. The van der Waals surface area contributed by atoms with E-state index in [2.05, 4.69) is 27.0 Å². The van der Waals surface area contributed by atoms with E-state index in [9.17, 15) is 13.2 Å². The van der Waals surface area contributed by atoms with Crippen molar-refractivity contribution in [2.24, 2.45) is 0 Å². The van der Waals surface area contributed by atoms with Gasteiger partial charge in [-0.1, -0.05) is 24.0 Å². The Hall–Kier alpha value is -1.20. The van der Waals surface area contributed by atoms with Crippen LogP contribution in [0.1, 0.15) is 11.1 Å². The highest BCUT2D eigenvalue weighted by atomic mass is 32.2. The fourth-order valence-corrected chi connectivity index (χ4v) is 4.36. The number of hydrogen-bond donors (Lipinski definition) is 1. The molecule has 0 aliphatic carbocycles. The van der Waals surface area contributed by atoms with Crippen LogP contribution in [0.4, 0.5) is 13.2 Å². The summed E-state index contributed by atoms with van der Waals surface area (Å²) in [6.45, 7) is 6.57. The number of halogens is 3. The molecule has 2 aliphatic heterocycles. The summed E-state index contributed by atoms with van der Waals surface area (Å²) in [5, 5.41) is 3.46. The Balaban J connectivity index is 1.44. The van der Waals surface area contributed by atoms with Gasteiger partial charge < -0.3 is 5.32 Å². The Morgan fingerprint density at radius 2 is 1.67 bits per heavy atom. The number of rotatable bonds is 4. The molecule has 7 heteroatoms. The Morgan fingerprint density at radius 3 is 2.33 bits per heavy atom. The van der Waals surface area contributed by atoms with Crippen LogP contribution >= 0.6 is 11.8 Å². The van der Waals surface area contributed by atoms with Crippen molar-refractivity contribution in [1.29, 1.82) is 0 Å². The summed E-state index contributed by atoms with van der Waals surface area (Å²) in [5.74, 6) is 8.97. The van der Waals surface area contributed by atoms with E-state index >= 15 is 0 Å². The number of nitrogens with one attached hydrogen (secondary N) is 1. The van der Waals surface area contributed by atoms with Gasteiger partial charge >= 0.3 is 6.18 Å².